The highest BCUT2D eigenvalue weighted by Crippen LogP contribution is 2.40. The summed E-state index contributed by atoms with van der Waals surface area (Å²) in [5, 5.41) is 19.2. The van der Waals surface area contributed by atoms with E-state index < -0.39 is 24.1 Å². The summed E-state index contributed by atoms with van der Waals surface area (Å²) in [6.45, 7) is 1.79. The van der Waals surface area contributed by atoms with Crippen LogP contribution in [-0.2, 0) is 4.74 Å². The highest BCUT2D eigenvalue weighted by molar-refractivity contribution is 8.76. The minimum atomic E-state index is -0.751. The van der Waals surface area contributed by atoms with E-state index in [0.717, 1.165) is 12.2 Å². The van der Waals surface area contributed by atoms with Crippen molar-refractivity contribution in [3.63, 3.8) is 0 Å². The molecule has 0 aromatic carbocycles. The molecule has 0 saturated carbocycles. The molecule has 1 fully saturated rings. The molecular formula is C13H21N3O4S2. The van der Waals surface area contributed by atoms with Crippen molar-refractivity contribution >= 4 is 27.4 Å². The molecule has 0 spiro atoms. The van der Waals surface area contributed by atoms with Crippen molar-refractivity contribution in [3.05, 3.63) is 22.7 Å². The van der Waals surface area contributed by atoms with Crippen LogP contribution >= 0.6 is 21.6 Å². The number of anilines is 1. The van der Waals surface area contributed by atoms with Gasteiger partial charge < -0.3 is 20.7 Å². The lowest BCUT2D eigenvalue weighted by molar-refractivity contribution is -0.156. The molecule has 9 heteroatoms. The van der Waals surface area contributed by atoms with E-state index in [0.29, 0.717) is 6.42 Å². The van der Waals surface area contributed by atoms with Crippen LogP contribution in [0.4, 0.5) is 5.82 Å². The number of aliphatic hydroxyl groups is 2. The first-order valence-corrected chi connectivity index (χ1v) is 9.52. The lowest BCUT2D eigenvalue weighted by Crippen LogP contribution is -2.47. The summed E-state index contributed by atoms with van der Waals surface area (Å²) in [6, 6.07) is 1.53. The van der Waals surface area contributed by atoms with Crippen LogP contribution in [0.1, 0.15) is 26.0 Å². The first-order valence-electron chi connectivity index (χ1n) is 7.14. The van der Waals surface area contributed by atoms with E-state index in [2.05, 4.69) is 11.9 Å². The van der Waals surface area contributed by atoms with E-state index in [4.69, 9.17) is 10.5 Å². The Morgan fingerprint density at radius 2 is 2.36 bits per heavy atom. The summed E-state index contributed by atoms with van der Waals surface area (Å²) in [7, 11) is 3.27. The fourth-order valence-corrected chi connectivity index (χ4v) is 5.04. The van der Waals surface area contributed by atoms with Crippen molar-refractivity contribution in [1.29, 1.82) is 0 Å². The third kappa shape index (κ3) is 4.17. The van der Waals surface area contributed by atoms with E-state index in [1.54, 1.807) is 27.8 Å². The van der Waals surface area contributed by atoms with E-state index in [-0.39, 0.29) is 17.7 Å². The summed E-state index contributed by atoms with van der Waals surface area (Å²) in [5.41, 5.74) is 5.01. The van der Waals surface area contributed by atoms with Crippen molar-refractivity contribution in [1.82, 2.24) is 9.55 Å². The van der Waals surface area contributed by atoms with Crippen molar-refractivity contribution in [3.8, 4) is 0 Å². The Morgan fingerprint density at radius 1 is 1.59 bits per heavy atom. The second-order valence-corrected chi connectivity index (χ2v) is 7.78. The first kappa shape index (κ1) is 17.6. The summed E-state index contributed by atoms with van der Waals surface area (Å²) in [6.07, 6.45) is 0.978. The summed E-state index contributed by atoms with van der Waals surface area (Å²) in [5.74, 6) is 1.13. The van der Waals surface area contributed by atoms with Crippen LogP contribution in [0, 0.1) is 0 Å². The number of ether oxygens (including phenoxy) is 1. The van der Waals surface area contributed by atoms with Gasteiger partial charge in [-0.05, 0) is 18.9 Å². The van der Waals surface area contributed by atoms with Crippen molar-refractivity contribution in [2.24, 2.45) is 0 Å². The molecule has 7 nitrogen and oxygen atoms in total. The number of rotatable bonds is 6. The molecule has 4 atom stereocenters. The molecule has 1 aromatic rings. The Labute approximate surface area is 136 Å². The molecule has 0 radical (unpaired) electrons. The Kier molecular flexibility index (Phi) is 6.57. The molecule has 1 saturated heterocycles. The molecule has 1 aliphatic rings. The number of hydrogen-bond acceptors (Lipinski definition) is 8. The monoisotopic (exact) mass is 347 g/mol. The van der Waals surface area contributed by atoms with Crippen LogP contribution in [0.15, 0.2) is 17.1 Å². The van der Waals surface area contributed by atoms with E-state index in [1.165, 1.54) is 10.6 Å². The Morgan fingerprint density at radius 3 is 3.00 bits per heavy atom. The van der Waals surface area contributed by atoms with Crippen LogP contribution in [0.25, 0.3) is 0 Å². The standard InChI is InChI=1S/C13H21N3O4S2/c1-2-5-21-22-10-6-8(18)9(7-17)20-12(10)16-4-3-11(14)15-13(16)19/h3-4,8-10,12,17-18H,2,5-7H2,1H3,(H2,14,15,19)/t8-,9-,10?,12-/m1/s1. The third-order valence-corrected chi connectivity index (χ3v) is 6.35. The van der Waals surface area contributed by atoms with Gasteiger partial charge in [-0.2, -0.15) is 4.98 Å². The molecule has 0 amide bonds. The van der Waals surface area contributed by atoms with Gasteiger partial charge in [-0.15, -0.1) is 0 Å². The molecule has 0 bridgehead atoms. The van der Waals surface area contributed by atoms with Crippen LogP contribution in [0.2, 0.25) is 0 Å². The number of aromatic nitrogens is 2. The Hall–Kier alpha value is -0.740. The fraction of sp³-hybridized carbons (Fsp3) is 0.692. The molecule has 2 heterocycles. The minimum absolute atomic E-state index is 0.113. The van der Waals surface area contributed by atoms with Gasteiger partial charge in [-0.3, -0.25) is 4.57 Å². The van der Waals surface area contributed by atoms with Gasteiger partial charge in [0.2, 0.25) is 0 Å². The molecule has 2 rings (SSSR count). The molecule has 1 unspecified atom stereocenters. The minimum Gasteiger partial charge on any atom is -0.394 e. The quantitative estimate of drug-likeness (QED) is 0.507. The number of hydrogen-bond donors (Lipinski definition) is 3. The van der Waals surface area contributed by atoms with Crippen molar-refractivity contribution in [2.75, 3.05) is 18.1 Å². The Bertz CT molecular complexity index is 542. The second kappa shape index (κ2) is 8.21. The van der Waals surface area contributed by atoms with Crippen molar-refractivity contribution in [2.45, 2.75) is 43.5 Å². The van der Waals surface area contributed by atoms with Crippen LogP contribution in [-0.4, -0.2) is 49.6 Å². The maximum absolute atomic E-state index is 12.0. The zero-order valence-corrected chi connectivity index (χ0v) is 13.9. The predicted octanol–water partition coefficient (Wildman–Crippen LogP) is 0.626. The topological polar surface area (TPSA) is 111 Å². The van der Waals surface area contributed by atoms with E-state index >= 15 is 0 Å². The first-order chi connectivity index (χ1) is 10.6. The molecular weight excluding hydrogens is 326 g/mol. The molecule has 22 heavy (non-hydrogen) atoms. The summed E-state index contributed by atoms with van der Waals surface area (Å²) < 4.78 is 7.12. The number of nitrogens with zero attached hydrogens (tertiary/aromatic N) is 2. The molecule has 4 N–H and O–H groups in total. The zero-order valence-electron chi connectivity index (χ0n) is 12.3. The zero-order chi connectivity index (χ0) is 16.1. The number of aliphatic hydroxyl groups excluding tert-OH is 2. The molecule has 1 aromatic heterocycles. The van der Waals surface area contributed by atoms with E-state index in [1.807, 2.05) is 0 Å². The largest absolute Gasteiger partial charge is 0.394 e. The number of nitrogens with two attached hydrogens (primary N) is 1. The van der Waals surface area contributed by atoms with Gasteiger partial charge in [0.05, 0.1) is 18.0 Å². The Balaban J connectivity index is 2.22. The number of nitrogen functional groups attached to an aromatic ring is 1. The smallest absolute Gasteiger partial charge is 0.351 e. The van der Waals surface area contributed by atoms with Gasteiger partial charge in [0, 0.05) is 11.9 Å². The van der Waals surface area contributed by atoms with Gasteiger partial charge in [0.1, 0.15) is 11.9 Å². The third-order valence-electron chi connectivity index (χ3n) is 3.32. The van der Waals surface area contributed by atoms with Gasteiger partial charge in [-0.1, -0.05) is 28.5 Å². The fourth-order valence-electron chi connectivity index (χ4n) is 2.20. The van der Waals surface area contributed by atoms with Gasteiger partial charge >= 0.3 is 5.69 Å². The maximum atomic E-state index is 12.0. The van der Waals surface area contributed by atoms with Crippen LogP contribution < -0.4 is 11.4 Å². The van der Waals surface area contributed by atoms with Gasteiger partial charge in [0.15, 0.2) is 6.23 Å². The van der Waals surface area contributed by atoms with Crippen LogP contribution in [0.3, 0.4) is 0 Å². The second-order valence-electron chi connectivity index (χ2n) is 5.05. The van der Waals surface area contributed by atoms with Gasteiger partial charge in [-0.25, -0.2) is 4.79 Å². The molecule has 1 aliphatic heterocycles. The SMILES string of the molecule is CCCSSC1C[C@@H](O)[C@@H](CO)O[C@H]1n1ccc(N)nc1=O. The lowest BCUT2D eigenvalue weighted by atomic mass is 10.0. The molecule has 124 valence electrons. The predicted molar refractivity (Wildman–Crippen MR) is 88.7 cm³/mol. The highest BCUT2D eigenvalue weighted by atomic mass is 33.1. The summed E-state index contributed by atoms with van der Waals surface area (Å²) >= 11 is 0. The normalized spacial score (nSPS) is 28.7. The van der Waals surface area contributed by atoms with Crippen LogP contribution in [0.5, 0.6) is 0 Å². The average Bonchev–Trinajstić information content (AvgIpc) is 2.48. The maximum Gasteiger partial charge on any atom is 0.351 e. The van der Waals surface area contributed by atoms with E-state index in [9.17, 15) is 15.0 Å². The van der Waals surface area contributed by atoms with Gasteiger partial charge in [0.25, 0.3) is 0 Å². The summed E-state index contributed by atoms with van der Waals surface area (Å²) in [4.78, 5) is 15.8. The average molecular weight is 347 g/mol. The lowest BCUT2D eigenvalue weighted by Gasteiger charge is -2.38. The highest BCUT2D eigenvalue weighted by Gasteiger charge is 2.38. The molecule has 0 aliphatic carbocycles. The van der Waals surface area contributed by atoms with Crippen molar-refractivity contribution < 1.29 is 14.9 Å².